The molecule has 4 fully saturated rings. The molecule has 0 aromatic carbocycles. The fourth-order valence-electron chi connectivity index (χ4n) is 8.85. The lowest BCUT2D eigenvalue weighted by atomic mass is 9.42. The van der Waals surface area contributed by atoms with Crippen LogP contribution in [0.5, 0.6) is 0 Å². The Hall–Kier alpha value is -0.690. The monoisotopic (exact) mass is 438 g/mol. The minimum Gasteiger partial charge on any atom is -0.469 e. The van der Waals surface area contributed by atoms with Crippen LogP contribution in [0.15, 0.2) is 0 Å². The summed E-state index contributed by atoms with van der Waals surface area (Å²) in [6.07, 6.45) is 3.28. The number of methoxy groups -OCH3 is 1. The van der Waals surface area contributed by atoms with E-state index >= 15 is 0 Å². The normalized spacial score (nSPS) is 52.6. The predicted molar refractivity (Wildman–Crippen MR) is 116 cm³/mol. The van der Waals surface area contributed by atoms with E-state index < -0.39 is 24.4 Å². The van der Waals surface area contributed by atoms with Gasteiger partial charge in [-0.15, -0.1) is 0 Å². The predicted octanol–water partition coefficient (Wildman–Crippen LogP) is 2.51. The largest absolute Gasteiger partial charge is 0.469 e. The summed E-state index contributed by atoms with van der Waals surface area (Å²) in [7, 11) is 1.42. The number of carbonyl (C=O) groups is 1. The summed E-state index contributed by atoms with van der Waals surface area (Å²) in [5, 5.41) is 44.2. The maximum Gasteiger partial charge on any atom is 0.305 e. The van der Waals surface area contributed by atoms with Gasteiger partial charge < -0.3 is 25.2 Å². The van der Waals surface area contributed by atoms with E-state index in [0.29, 0.717) is 43.9 Å². The number of esters is 1. The molecular formula is C25H42O6. The first kappa shape index (κ1) is 23.5. The Balaban J connectivity index is 1.60. The van der Waals surface area contributed by atoms with Crippen molar-refractivity contribution in [2.24, 2.45) is 46.3 Å². The molecule has 178 valence electrons. The molecule has 31 heavy (non-hydrogen) atoms. The minimum absolute atomic E-state index is 0.0564. The first-order valence-electron chi connectivity index (χ1n) is 12.3. The highest BCUT2D eigenvalue weighted by Gasteiger charge is 2.67. The van der Waals surface area contributed by atoms with Crippen molar-refractivity contribution in [3.05, 3.63) is 0 Å². The fourth-order valence-corrected chi connectivity index (χ4v) is 8.85. The second-order valence-electron chi connectivity index (χ2n) is 11.7. The summed E-state index contributed by atoms with van der Waals surface area (Å²) < 4.78 is 4.82. The third-order valence-electron chi connectivity index (χ3n) is 10.6. The molecule has 0 bridgehead atoms. The summed E-state index contributed by atoms with van der Waals surface area (Å²) >= 11 is 0. The maximum absolute atomic E-state index is 11.7. The van der Waals surface area contributed by atoms with Gasteiger partial charge in [0, 0.05) is 6.42 Å². The number of aliphatic hydroxyl groups excluding tert-OH is 4. The first-order valence-corrected chi connectivity index (χ1v) is 12.3. The molecule has 1 unspecified atom stereocenters. The molecule has 0 spiro atoms. The van der Waals surface area contributed by atoms with Crippen LogP contribution in [0.25, 0.3) is 0 Å². The molecule has 4 rings (SSSR count). The van der Waals surface area contributed by atoms with Gasteiger partial charge in [-0.1, -0.05) is 20.8 Å². The second kappa shape index (κ2) is 8.27. The van der Waals surface area contributed by atoms with E-state index in [4.69, 9.17) is 4.74 Å². The zero-order valence-electron chi connectivity index (χ0n) is 19.5. The molecule has 0 aliphatic heterocycles. The summed E-state index contributed by atoms with van der Waals surface area (Å²) in [5.74, 6) is 0.812. The van der Waals surface area contributed by atoms with Crippen molar-refractivity contribution in [3.63, 3.8) is 0 Å². The van der Waals surface area contributed by atoms with Crippen molar-refractivity contribution >= 4 is 5.97 Å². The van der Waals surface area contributed by atoms with E-state index in [1.807, 2.05) is 0 Å². The number of ether oxygens (including phenoxy) is 1. The Bertz CT molecular complexity index is 683. The van der Waals surface area contributed by atoms with Crippen LogP contribution < -0.4 is 0 Å². The SMILES string of the molecule is COC(=O)CC[C@@H](C)[C@H]1CC[C@H]2[C@@H]3[C@H](O)C[C@@H]4C[C@H](O)CC(O)[C@]4(C)[C@H]3C[C@H](O)[C@]12C. The Morgan fingerprint density at radius 2 is 1.65 bits per heavy atom. The average molecular weight is 439 g/mol. The molecule has 0 radical (unpaired) electrons. The van der Waals surface area contributed by atoms with Crippen molar-refractivity contribution in [2.75, 3.05) is 7.11 Å². The molecule has 0 heterocycles. The van der Waals surface area contributed by atoms with Crippen molar-refractivity contribution in [2.45, 2.75) is 96.6 Å². The number of carbonyl (C=O) groups excluding carboxylic acids is 1. The second-order valence-corrected chi connectivity index (χ2v) is 11.7. The van der Waals surface area contributed by atoms with E-state index in [1.54, 1.807) is 0 Å². The smallest absolute Gasteiger partial charge is 0.305 e. The summed E-state index contributed by atoms with van der Waals surface area (Å²) in [6.45, 7) is 6.52. The first-order chi connectivity index (χ1) is 14.5. The quantitative estimate of drug-likeness (QED) is 0.503. The van der Waals surface area contributed by atoms with E-state index in [1.165, 1.54) is 7.11 Å². The minimum atomic E-state index is -0.603. The van der Waals surface area contributed by atoms with Gasteiger partial charge in [0.25, 0.3) is 0 Å². The summed E-state index contributed by atoms with van der Waals surface area (Å²) in [4.78, 5) is 11.7. The molecule has 4 aliphatic carbocycles. The molecule has 0 amide bonds. The van der Waals surface area contributed by atoms with Crippen LogP contribution in [0.2, 0.25) is 0 Å². The number of aliphatic hydroxyl groups is 4. The van der Waals surface area contributed by atoms with Crippen molar-refractivity contribution < 1.29 is 30.0 Å². The molecule has 0 aromatic heterocycles. The lowest BCUT2D eigenvalue weighted by Crippen LogP contribution is -2.65. The van der Waals surface area contributed by atoms with Gasteiger partial charge in [-0.25, -0.2) is 0 Å². The Morgan fingerprint density at radius 3 is 2.32 bits per heavy atom. The van der Waals surface area contributed by atoms with Gasteiger partial charge in [-0.05, 0) is 91.3 Å². The van der Waals surface area contributed by atoms with Crippen LogP contribution in [-0.4, -0.2) is 57.9 Å². The highest BCUT2D eigenvalue weighted by molar-refractivity contribution is 5.69. The van der Waals surface area contributed by atoms with Crippen molar-refractivity contribution in [1.82, 2.24) is 0 Å². The lowest BCUT2D eigenvalue weighted by molar-refractivity contribution is -0.234. The fraction of sp³-hybridized carbons (Fsp3) is 0.960. The topological polar surface area (TPSA) is 107 Å². The Labute approximate surface area is 186 Å². The van der Waals surface area contributed by atoms with Gasteiger partial charge in [0.05, 0.1) is 31.5 Å². The van der Waals surface area contributed by atoms with E-state index in [0.717, 1.165) is 19.3 Å². The molecule has 4 aliphatic rings. The van der Waals surface area contributed by atoms with Gasteiger partial charge in [0.15, 0.2) is 0 Å². The van der Waals surface area contributed by atoms with Gasteiger partial charge in [0.1, 0.15) is 0 Å². The Kier molecular flexibility index (Phi) is 6.26. The summed E-state index contributed by atoms with van der Waals surface area (Å²) in [5.41, 5.74) is -0.667. The molecule has 4 N–H and O–H groups in total. The number of hydrogen-bond donors (Lipinski definition) is 4. The third-order valence-corrected chi connectivity index (χ3v) is 10.6. The highest BCUT2D eigenvalue weighted by Crippen LogP contribution is 2.68. The number of fused-ring (bicyclic) bond motifs is 5. The van der Waals surface area contributed by atoms with E-state index in [-0.39, 0.29) is 40.5 Å². The van der Waals surface area contributed by atoms with Crippen LogP contribution in [0.4, 0.5) is 0 Å². The van der Waals surface area contributed by atoms with Crippen LogP contribution in [-0.2, 0) is 9.53 Å². The number of rotatable bonds is 4. The molecule has 4 saturated carbocycles. The molecule has 6 nitrogen and oxygen atoms in total. The zero-order valence-corrected chi connectivity index (χ0v) is 19.5. The molecule has 6 heteroatoms. The highest BCUT2D eigenvalue weighted by atomic mass is 16.5. The summed E-state index contributed by atoms with van der Waals surface area (Å²) in [6, 6.07) is 0. The molecular weight excluding hydrogens is 396 g/mol. The zero-order chi connectivity index (χ0) is 22.7. The third kappa shape index (κ3) is 3.48. The molecule has 0 saturated heterocycles. The van der Waals surface area contributed by atoms with Gasteiger partial charge in [0.2, 0.25) is 0 Å². The van der Waals surface area contributed by atoms with Gasteiger partial charge in [-0.2, -0.15) is 0 Å². The maximum atomic E-state index is 11.7. The molecule has 0 aromatic rings. The van der Waals surface area contributed by atoms with E-state index in [9.17, 15) is 25.2 Å². The van der Waals surface area contributed by atoms with Crippen LogP contribution in [0.3, 0.4) is 0 Å². The van der Waals surface area contributed by atoms with Gasteiger partial charge in [-0.3, -0.25) is 4.79 Å². The Morgan fingerprint density at radius 1 is 0.968 bits per heavy atom. The number of hydrogen-bond acceptors (Lipinski definition) is 6. The van der Waals surface area contributed by atoms with E-state index in [2.05, 4.69) is 20.8 Å². The van der Waals surface area contributed by atoms with Crippen LogP contribution in [0.1, 0.15) is 72.1 Å². The van der Waals surface area contributed by atoms with Crippen LogP contribution >= 0.6 is 0 Å². The lowest BCUT2D eigenvalue weighted by Gasteiger charge is -2.64. The standard InChI is InChI=1S/C25H42O6/c1-13(5-8-22(30)31-4)16-6-7-17-23-18(12-21(29)25(16,17)3)24(2)14(10-19(23)27)9-15(26)11-20(24)28/h13-21,23,26-29H,5-12H2,1-4H3/t13-,14+,15+,16-,17+,18+,19-,20?,21+,23+,24+,25-/m1/s1. The van der Waals surface area contributed by atoms with Crippen molar-refractivity contribution in [1.29, 1.82) is 0 Å². The molecule has 12 atom stereocenters. The van der Waals surface area contributed by atoms with Crippen LogP contribution in [0, 0.1) is 46.3 Å². The van der Waals surface area contributed by atoms with Gasteiger partial charge >= 0.3 is 5.97 Å². The van der Waals surface area contributed by atoms with Crippen molar-refractivity contribution in [3.8, 4) is 0 Å². The average Bonchev–Trinajstić information content (AvgIpc) is 3.07.